The summed E-state index contributed by atoms with van der Waals surface area (Å²) < 4.78 is 4.79. The summed E-state index contributed by atoms with van der Waals surface area (Å²) in [4.78, 5) is 23.2. The molecular formula is C9H7N3O4. The summed E-state index contributed by atoms with van der Waals surface area (Å²) in [7, 11) is 1.27. The van der Waals surface area contributed by atoms with Crippen LogP contribution in [0.15, 0.2) is 18.2 Å². The van der Waals surface area contributed by atoms with Gasteiger partial charge in [-0.25, -0.2) is 0 Å². The van der Waals surface area contributed by atoms with Gasteiger partial charge in [-0.05, 0) is 6.07 Å². The number of benzene rings is 1. The monoisotopic (exact) mass is 221 g/mol. The summed E-state index contributed by atoms with van der Waals surface area (Å²) in [5, 5.41) is 10.6. The highest BCUT2D eigenvalue weighted by molar-refractivity contribution is 6.33. The molecule has 0 unspecified atom stereocenters. The van der Waals surface area contributed by atoms with E-state index < -0.39 is 4.92 Å². The van der Waals surface area contributed by atoms with E-state index in [0.29, 0.717) is 6.29 Å². The number of hydrogen-bond acceptors (Lipinski definition) is 4. The van der Waals surface area contributed by atoms with Crippen LogP contribution >= 0.6 is 0 Å². The van der Waals surface area contributed by atoms with Crippen LogP contribution in [0, 0.1) is 10.1 Å². The molecule has 1 aromatic carbocycles. The molecule has 1 rings (SSSR count). The fourth-order valence-electron chi connectivity index (χ4n) is 1.14. The molecule has 82 valence electrons. The van der Waals surface area contributed by atoms with Crippen LogP contribution in [0.3, 0.4) is 0 Å². The van der Waals surface area contributed by atoms with Crippen LogP contribution in [0.25, 0.3) is 5.53 Å². The number of hydrogen-bond donors (Lipinski definition) is 0. The molecule has 1 aromatic rings. The van der Waals surface area contributed by atoms with E-state index in [4.69, 9.17) is 10.3 Å². The smallest absolute Gasteiger partial charge is 0.361 e. The summed E-state index contributed by atoms with van der Waals surface area (Å²) in [5.41, 5.74) is 8.28. The van der Waals surface area contributed by atoms with Gasteiger partial charge in [0.2, 0.25) is 6.29 Å². The average Bonchev–Trinajstić information content (AvgIpc) is 2.30. The quantitative estimate of drug-likeness (QED) is 0.187. The second kappa shape index (κ2) is 4.81. The highest BCUT2D eigenvalue weighted by Gasteiger charge is 2.19. The minimum absolute atomic E-state index is 0.00880. The first kappa shape index (κ1) is 11.5. The molecule has 0 N–H and O–H groups in total. The van der Waals surface area contributed by atoms with Crippen molar-refractivity contribution in [3.05, 3.63) is 39.4 Å². The van der Waals surface area contributed by atoms with E-state index >= 15 is 0 Å². The van der Waals surface area contributed by atoms with Gasteiger partial charge in [-0.2, -0.15) is 4.79 Å². The van der Waals surface area contributed by atoms with Gasteiger partial charge in [0.15, 0.2) is 5.75 Å². The predicted molar refractivity (Wildman–Crippen MR) is 53.4 cm³/mol. The summed E-state index contributed by atoms with van der Waals surface area (Å²) >= 11 is 0. The normalized spacial score (nSPS) is 9.06. The lowest BCUT2D eigenvalue weighted by molar-refractivity contribution is -0.385. The largest absolute Gasteiger partial charge is 0.490 e. The summed E-state index contributed by atoms with van der Waals surface area (Å²) in [6.45, 7) is 0. The number of methoxy groups -OCH3 is 1. The number of nitro groups is 1. The molecule has 0 radical (unpaired) electrons. The van der Waals surface area contributed by atoms with Crippen LogP contribution in [0.5, 0.6) is 5.75 Å². The maximum absolute atomic E-state index is 10.6. The van der Waals surface area contributed by atoms with Crippen LogP contribution in [0.2, 0.25) is 0 Å². The first-order valence-corrected chi connectivity index (χ1v) is 4.14. The third-order valence-corrected chi connectivity index (χ3v) is 1.89. The molecule has 0 saturated heterocycles. The van der Waals surface area contributed by atoms with Gasteiger partial charge >= 0.3 is 11.4 Å². The standard InChI is InChI=1S/C9H7N3O4/c1-16-9-4-6(7(5-13)11-10)2-3-8(9)12(14)15/h2-5H,1H3. The maximum atomic E-state index is 10.6. The molecule has 0 amide bonds. The van der Waals surface area contributed by atoms with E-state index in [1.54, 1.807) is 0 Å². The number of rotatable bonds is 4. The Morgan fingerprint density at radius 1 is 1.62 bits per heavy atom. The fraction of sp³-hybridized carbons (Fsp3) is 0.111. The first-order chi connectivity index (χ1) is 7.63. The molecule has 0 aliphatic rings. The third kappa shape index (κ3) is 2.10. The van der Waals surface area contributed by atoms with Crippen LogP contribution < -0.4 is 4.74 Å². The zero-order valence-electron chi connectivity index (χ0n) is 8.28. The molecule has 0 aliphatic carbocycles. The molecule has 16 heavy (non-hydrogen) atoms. The Morgan fingerprint density at radius 2 is 2.31 bits per heavy atom. The Morgan fingerprint density at radius 3 is 2.75 bits per heavy atom. The molecule has 0 atom stereocenters. The molecule has 0 fully saturated rings. The fourth-order valence-corrected chi connectivity index (χ4v) is 1.14. The maximum Gasteiger partial charge on any atom is 0.361 e. The van der Waals surface area contributed by atoms with Crippen molar-refractivity contribution in [3.8, 4) is 5.75 Å². The number of aldehydes is 1. The van der Waals surface area contributed by atoms with Crippen LogP contribution in [0.1, 0.15) is 5.56 Å². The Labute approximate surface area is 90.0 Å². The van der Waals surface area contributed by atoms with Crippen molar-refractivity contribution in [2.45, 2.75) is 0 Å². The van der Waals surface area contributed by atoms with Crippen LogP contribution in [0.4, 0.5) is 5.69 Å². The van der Waals surface area contributed by atoms with E-state index in [-0.39, 0.29) is 22.7 Å². The van der Waals surface area contributed by atoms with Gasteiger partial charge in [0.1, 0.15) is 0 Å². The predicted octanol–water partition coefficient (Wildman–Crippen LogP) is 0.821. The van der Waals surface area contributed by atoms with Crippen molar-refractivity contribution in [3.63, 3.8) is 0 Å². The molecule has 0 aromatic heterocycles. The molecule has 7 heteroatoms. The van der Waals surface area contributed by atoms with Crippen molar-refractivity contribution in [1.82, 2.24) is 0 Å². The van der Waals surface area contributed by atoms with Crippen molar-refractivity contribution < 1.29 is 19.2 Å². The molecule has 0 spiro atoms. The molecule has 0 aliphatic heterocycles. The Balaban J connectivity index is 3.34. The molecule has 0 heterocycles. The Hall–Kier alpha value is -2.53. The van der Waals surface area contributed by atoms with Crippen molar-refractivity contribution >= 4 is 17.7 Å². The minimum Gasteiger partial charge on any atom is -0.490 e. The summed E-state index contributed by atoms with van der Waals surface area (Å²) in [6.07, 6.45) is 0.334. The second-order valence-electron chi connectivity index (χ2n) is 2.75. The number of carbonyl (C=O) groups is 1. The van der Waals surface area contributed by atoms with Crippen molar-refractivity contribution in [2.75, 3.05) is 7.11 Å². The SMILES string of the molecule is COc1cc(C(C=O)=[N+]=[N-])ccc1[N+](=O)[O-]. The number of nitro benzene ring substituents is 1. The highest BCUT2D eigenvalue weighted by atomic mass is 16.6. The van der Waals surface area contributed by atoms with E-state index in [9.17, 15) is 14.9 Å². The van der Waals surface area contributed by atoms with E-state index in [1.807, 2.05) is 0 Å². The molecule has 0 saturated carbocycles. The van der Waals surface area contributed by atoms with Gasteiger partial charge in [-0.3, -0.25) is 14.9 Å². The average molecular weight is 221 g/mol. The number of ether oxygens (including phenoxy) is 1. The van der Waals surface area contributed by atoms with Gasteiger partial charge in [0.25, 0.3) is 0 Å². The lowest BCUT2D eigenvalue weighted by atomic mass is 10.1. The Bertz CT molecular complexity index is 492. The van der Waals surface area contributed by atoms with E-state index in [2.05, 4.69) is 4.79 Å². The zero-order chi connectivity index (χ0) is 12.1. The molecule has 0 bridgehead atoms. The second-order valence-corrected chi connectivity index (χ2v) is 2.75. The first-order valence-electron chi connectivity index (χ1n) is 4.14. The third-order valence-electron chi connectivity index (χ3n) is 1.89. The highest BCUT2D eigenvalue weighted by Crippen LogP contribution is 2.27. The lowest BCUT2D eigenvalue weighted by Crippen LogP contribution is -2.04. The van der Waals surface area contributed by atoms with Crippen LogP contribution in [-0.2, 0) is 4.79 Å². The van der Waals surface area contributed by atoms with Gasteiger partial charge in [0.05, 0.1) is 17.6 Å². The van der Waals surface area contributed by atoms with E-state index in [0.717, 1.165) is 0 Å². The van der Waals surface area contributed by atoms with Crippen LogP contribution in [-0.4, -0.2) is 28.8 Å². The van der Waals surface area contributed by atoms with E-state index in [1.165, 1.54) is 25.3 Å². The zero-order valence-corrected chi connectivity index (χ0v) is 8.28. The lowest BCUT2D eigenvalue weighted by Gasteiger charge is -2.01. The Kier molecular flexibility index (Phi) is 3.47. The van der Waals surface area contributed by atoms with Gasteiger partial charge < -0.3 is 10.3 Å². The number of carbonyl (C=O) groups excluding carboxylic acids is 1. The van der Waals surface area contributed by atoms with Gasteiger partial charge in [-0.15, -0.1) is 0 Å². The molecular weight excluding hydrogens is 214 g/mol. The minimum atomic E-state index is -0.612. The summed E-state index contributed by atoms with van der Waals surface area (Å²) in [6, 6.07) is 3.72. The van der Waals surface area contributed by atoms with Crippen molar-refractivity contribution in [1.29, 1.82) is 0 Å². The molecule has 7 nitrogen and oxygen atoms in total. The summed E-state index contributed by atoms with van der Waals surface area (Å²) in [5.74, 6) is -0.00880. The van der Waals surface area contributed by atoms with Crippen molar-refractivity contribution in [2.24, 2.45) is 0 Å². The number of nitrogens with zero attached hydrogens (tertiary/aromatic N) is 3. The van der Waals surface area contributed by atoms with Gasteiger partial charge in [-0.1, -0.05) is 0 Å². The van der Waals surface area contributed by atoms with Gasteiger partial charge in [0, 0.05) is 12.1 Å². The topological polar surface area (TPSA) is 106 Å².